The molecule has 21 heavy (non-hydrogen) atoms. The average Bonchev–Trinajstić information content (AvgIpc) is 2.82. The molecule has 1 aliphatic carbocycles. The first-order valence-electron chi connectivity index (χ1n) is 6.83. The SMILES string of the molecule is Cc1nn(-c2ccccc2)c2c1C(=O)[C@H](Br)C(C)(C)[C@@H]2Br. The van der Waals surface area contributed by atoms with E-state index < -0.39 is 0 Å². The predicted octanol–water partition coefficient (Wildman–Crippen LogP) is 4.60. The Morgan fingerprint density at radius 3 is 2.38 bits per heavy atom. The summed E-state index contributed by atoms with van der Waals surface area (Å²) < 4.78 is 1.89. The van der Waals surface area contributed by atoms with Crippen molar-refractivity contribution in [2.45, 2.75) is 30.4 Å². The number of Topliss-reactive ketones (excluding diaryl/α,β-unsaturated/α-hetero) is 1. The van der Waals surface area contributed by atoms with E-state index in [0.29, 0.717) is 0 Å². The number of para-hydroxylation sites is 1. The van der Waals surface area contributed by atoms with Crippen molar-refractivity contribution in [2.75, 3.05) is 0 Å². The van der Waals surface area contributed by atoms with Crippen molar-refractivity contribution in [1.29, 1.82) is 0 Å². The number of carbonyl (C=O) groups excluding carboxylic acids is 1. The highest BCUT2D eigenvalue weighted by Crippen LogP contribution is 2.52. The van der Waals surface area contributed by atoms with E-state index in [1.165, 1.54) is 0 Å². The third-order valence-electron chi connectivity index (χ3n) is 4.12. The molecule has 0 unspecified atom stereocenters. The van der Waals surface area contributed by atoms with Crippen LogP contribution in [0.4, 0.5) is 0 Å². The number of nitrogens with zero attached hydrogens (tertiary/aromatic N) is 2. The van der Waals surface area contributed by atoms with Crippen LogP contribution in [0, 0.1) is 12.3 Å². The lowest BCUT2D eigenvalue weighted by atomic mass is 9.75. The van der Waals surface area contributed by atoms with Gasteiger partial charge in [0.1, 0.15) is 0 Å². The fourth-order valence-corrected chi connectivity index (χ4v) is 4.33. The molecule has 3 rings (SSSR count). The Labute approximate surface area is 141 Å². The van der Waals surface area contributed by atoms with Gasteiger partial charge in [-0.15, -0.1) is 0 Å². The van der Waals surface area contributed by atoms with Crippen LogP contribution >= 0.6 is 31.9 Å². The zero-order valence-electron chi connectivity index (χ0n) is 12.1. The summed E-state index contributed by atoms with van der Waals surface area (Å²) in [5, 5.41) is 4.61. The maximum Gasteiger partial charge on any atom is 0.180 e. The number of ketones is 1. The first-order chi connectivity index (χ1) is 9.85. The number of aromatic nitrogens is 2. The average molecular weight is 412 g/mol. The fourth-order valence-electron chi connectivity index (χ4n) is 2.80. The van der Waals surface area contributed by atoms with Gasteiger partial charge in [0.2, 0.25) is 0 Å². The van der Waals surface area contributed by atoms with Gasteiger partial charge in [-0.1, -0.05) is 63.9 Å². The summed E-state index contributed by atoms with van der Waals surface area (Å²) in [5.41, 5.74) is 3.21. The van der Waals surface area contributed by atoms with Crippen LogP contribution in [0.5, 0.6) is 0 Å². The van der Waals surface area contributed by atoms with E-state index >= 15 is 0 Å². The van der Waals surface area contributed by atoms with E-state index in [4.69, 9.17) is 0 Å². The molecule has 0 spiro atoms. The number of benzene rings is 1. The molecule has 2 atom stereocenters. The van der Waals surface area contributed by atoms with Crippen LogP contribution in [0.15, 0.2) is 30.3 Å². The van der Waals surface area contributed by atoms with Crippen molar-refractivity contribution in [2.24, 2.45) is 5.41 Å². The molecule has 110 valence electrons. The molecular weight excluding hydrogens is 396 g/mol. The second-order valence-electron chi connectivity index (χ2n) is 6.00. The molecule has 1 aliphatic rings. The predicted molar refractivity (Wildman–Crippen MR) is 90.8 cm³/mol. The molecule has 0 radical (unpaired) electrons. The van der Waals surface area contributed by atoms with Crippen molar-refractivity contribution < 1.29 is 4.79 Å². The lowest BCUT2D eigenvalue weighted by Crippen LogP contribution is -2.40. The quantitative estimate of drug-likeness (QED) is 0.642. The van der Waals surface area contributed by atoms with Crippen molar-refractivity contribution in [3.8, 4) is 5.69 Å². The van der Waals surface area contributed by atoms with Crippen LogP contribution < -0.4 is 0 Å². The second-order valence-corrected chi connectivity index (χ2v) is 7.84. The summed E-state index contributed by atoms with van der Waals surface area (Å²) in [6, 6.07) is 9.94. The van der Waals surface area contributed by atoms with E-state index in [0.717, 1.165) is 22.6 Å². The number of fused-ring (bicyclic) bond motifs is 1. The van der Waals surface area contributed by atoms with E-state index in [-0.39, 0.29) is 20.9 Å². The zero-order chi connectivity index (χ0) is 15.4. The molecule has 1 aromatic heterocycles. The monoisotopic (exact) mass is 410 g/mol. The molecule has 1 heterocycles. The molecule has 0 N–H and O–H groups in total. The third-order valence-corrected chi connectivity index (χ3v) is 7.33. The van der Waals surface area contributed by atoms with Crippen LogP contribution in [0.1, 0.15) is 40.4 Å². The molecule has 3 nitrogen and oxygen atoms in total. The normalized spacial score (nSPS) is 24.0. The molecule has 5 heteroatoms. The van der Waals surface area contributed by atoms with Crippen molar-refractivity contribution >= 4 is 37.6 Å². The summed E-state index contributed by atoms with van der Waals surface area (Å²) >= 11 is 7.36. The summed E-state index contributed by atoms with van der Waals surface area (Å²) in [4.78, 5) is 12.6. The van der Waals surface area contributed by atoms with E-state index in [1.807, 2.05) is 41.9 Å². The maximum absolute atomic E-state index is 12.7. The minimum absolute atomic E-state index is 0.0449. The zero-order valence-corrected chi connectivity index (χ0v) is 15.3. The second kappa shape index (κ2) is 5.06. The molecule has 2 aromatic rings. The number of hydrogen-bond donors (Lipinski definition) is 0. The number of aryl methyl sites for hydroxylation is 1. The molecule has 0 fully saturated rings. The lowest BCUT2D eigenvalue weighted by molar-refractivity contribution is 0.0926. The van der Waals surface area contributed by atoms with Crippen molar-refractivity contribution in [3.05, 3.63) is 47.3 Å². The third kappa shape index (κ3) is 2.13. The van der Waals surface area contributed by atoms with Gasteiger partial charge in [0.05, 0.1) is 32.3 Å². The number of hydrogen-bond acceptors (Lipinski definition) is 2. The van der Waals surface area contributed by atoms with Crippen LogP contribution in [-0.2, 0) is 0 Å². The van der Waals surface area contributed by atoms with E-state index in [2.05, 4.69) is 50.8 Å². The smallest absolute Gasteiger partial charge is 0.180 e. The topological polar surface area (TPSA) is 34.9 Å². The Balaban J connectivity index is 2.28. The molecular formula is C16H16Br2N2O. The Bertz CT molecular complexity index is 707. The van der Waals surface area contributed by atoms with Crippen LogP contribution in [0.2, 0.25) is 0 Å². The van der Waals surface area contributed by atoms with Crippen LogP contribution in [-0.4, -0.2) is 20.4 Å². The highest BCUT2D eigenvalue weighted by molar-refractivity contribution is 9.10. The van der Waals surface area contributed by atoms with Crippen molar-refractivity contribution in [3.63, 3.8) is 0 Å². The Morgan fingerprint density at radius 2 is 1.76 bits per heavy atom. The largest absolute Gasteiger partial charge is 0.293 e. The van der Waals surface area contributed by atoms with Gasteiger partial charge >= 0.3 is 0 Å². The number of rotatable bonds is 1. The standard InChI is InChI=1S/C16H16Br2N2O/c1-9-11-12(14(17)16(2,3)15(18)13(11)21)20(19-9)10-7-5-4-6-8-10/h4-8,14-15H,1-3H3/t14-,15+/m1/s1. The number of alkyl halides is 2. The fraction of sp³-hybridized carbons (Fsp3) is 0.375. The highest BCUT2D eigenvalue weighted by Gasteiger charge is 2.48. The maximum atomic E-state index is 12.7. The first-order valence-corrected chi connectivity index (χ1v) is 8.66. The molecule has 0 bridgehead atoms. The highest BCUT2D eigenvalue weighted by atomic mass is 79.9. The molecule has 1 aromatic carbocycles. The first kappa shape index (κ1) is 15.0. The molecule has 0 aliphatic heterocycles. The Morgan fingerprint density at radius 1 is 1.14 bits per heavy atom. The summed E-state index contributed by atoms with van der Waals surface area (Å²) in [5.74, 6) is 0.116. The van der Waals surface area contributed by atoms with Gasteiger partial charge in [-0.05, 0) is 19.1 Å². The minimum Gasteiger partial charge on any atom is -0.293 e. The van der Waals surface area contributed by atoms with E-state index in [1.54, 1.807) is 0 Å². The Kier molecular flexibility index (Phi) is 3.61. The van der Waals surface area contributed by atoms with Gasteiger partial charge in [0, 0.05) is 5.41 Å². The van der Waals surface area contributed by atoms with Gasteiger partial charge in [-0.2, -0.15) is 5.10 Å². The van der Waals surface area contributed by atoms with Gasteiger partial charge in [0.25, 0.3) is 0 Å². The lowest BCUT2D eigenvalue weighted by Gasteiger charge is -2.38. The summed E-state index contributed by atoms with van der Waals surface area (Å²) in [6.45, 7) is 6.07. The summed E-state index contributed by atoms with van der Waals surface area (Å²) in [7, 11) is 0. The molecule has 0 saturated carbocycles. The van der Waals surface area contributed by atoms with Crippen molar-refractivity contribution in [1.82, 2.24) is 9.78 Å². The number of halogens is 2. The van der Waals surface area contributed by atoms with Gasteiger partial charge < -0.3 is 0 Å². The molecule has 0 amide bonds. The molecule has 0 saturated heterocycles. The number of carbonyl (C=O) groups is 1. The van der Waals surface area contributed by atoms with Gasteiger partial charge in [-0.3, -0.25) is 4.79 Å². The van der Waals surface area contributed by atoms with Crippen LogP contribution in [0.3, 0.4) is 0 Å². The van der Waals surface area contributed by atoms with E-state index in [9.17, 15) is 4.79 Å². The van der Waals surface area contributed by atoms with Crippen LogP contribution in [0.25, 0.3) is 5.69 Å². The Hall–Kier alpha value is -0.940. The minimum atomic E-state index is -0.233. The van der Waals surface area contributed by atoms with Gasteiger partial charge in [-0.25, -0.2) is 4.68 Å². The van der Waals surface area contributed by atoms with Gasteiger partial charge in [0.15, 0.2) is 5.78 Å². The summed E-state index contributed by atoms with van der Waals surface area (Å²) in [6.07, 6.45) is 0.